The maximum atomic E-state index is 14.7. The van der Waals surface area contributed by atoms with E-state index in [1.807, 2.05) is 0 Å². The Hall–Kier alpha value is -4.47. The molecule has 0 aromatic heterocycles. The Morgan fingerprint density at radius 1 is 0.750 bits per heavy atom. The fourth-order valence-corrected chi connectivity index (χ4v) is 2.91. The molecular formula is C30H33FO9. The number of ether oxygens (including phenoxy) is 5. The van der Waals surface area contributed by atoms with Gasteiger partial charge in [-0.05, 0) is 70.0 Å². The zero-order valence-electron chi connectivity index (χ0n) is 23.3. The minimum absolute atomic E-state index is 0.0459. The summed E-state index contributed by atoms with van der Waals surface area (Å²) in [7, 11) is 0. The van der Waals surface area contributed by atoms with Crippen molar-refractivity contribution in [3.63, 3.8) is 0 Å². The van der Waals surface area contributed by atoms with E-state index in [-0.39, 0.29) is 54.6 Å². The van der Waals surface area contributed by atoms with Crippen molar-refractivity contribution in [1.82, 2.24) is 0 Å². The second-order valence-corrected chi connectivity index (χ2v) is 9.81. The molecule has 0 saturated heterocycles. The highest BCUT2D eigenvalue weighted by atomic mass is 19.1. The SMILES string of the molecule is C=C(C)C(=O)OCCOC(=O)c1ccc(-c2ccc(OC(=O)C(=C)C)c(F)c2)cc1OCCOC(=O)C(C)(C)C. The summed E-state index contributed by atoms with van der Waals surface area (Å²) in [5, 5.41) is 0. The monoisotopic (exact) mass is 556 g/mol. The van der Waals surface area contributed by atoms with Gasteiger partial charge in [0.15, 0.2) is 11.6 Å². The molecule has 0 unspecified atom stereocenters. The Bertz CT molecular complexity index is 1300. The van der Waals surface area contributed by atoms with Crippen LogP contribution in [0.15, 0.2) is 60.7 Å². The van der Waals surface area contributed by atoms with Crippen LogP contribution in [-0.2, 0) is 28.6 Å². The van der Waals surface area contributed by atoms with Gasteiger partial charge in [-0.2, -0.15) is 0 Å². The lowest BCUT2D eigenvalue weighted by Crippen LogP contribution is -2.25. The zero-order chi connectivity index (χ0) is 30.0. The van der Waals surface area contributed by atoms with Gasteiger partial charge in [-0.1, -0.05) is 25.3 Å². The average Bonchev–Trinajstić information content (AvgIpc) is 2.88. The lowest BCUT2D eigenvalue weighted by atomic mass is 9.97. The molecule has 0 heterocycles. The molecule has 0 N–H and O–H groups in total. The van der Waals surface area contributed by atoms with Crippen molar-refractivity contribution < 1.29 is 47.3 Å². The van der Waals surface area contributed by atoms with Gasteiger partial charge >= 0.3 is 23.9 Å². The molecular weight excluding hydrogens is 523 g/mol. The predicted octanol–water partition coefficient (Wildman–Crippen LogP) is 5.22. The van der Waals surface area contributed by atoms with Crippen molar-refractivity contribution in [1.29, 1.82) is 0 Å². The third-order valence-corrected chi connectivity index (χ3v) is 5.10. The van der Waals surface area contributed by atoms with Gasteiger partial charge < -0.3 is 23.7 Å². The van der Waals surface area contributed by atoms with E-state index in [0.717, 1.165) is 0 Å². The van der Waals surface area contributed by atoms with E-state index < -0.39 is 35.1 Å². The highest BCUT2D eigenvalue weighted by Crippen LogP contribution is 2.31. The summed E-state index contributed by atoms with van der Waals surface area (Å²) in [4.78, 5) is 48.0. The van der Waals surface area contributed by atoms with Crippen LogP contribution in [-0.4, -0.2) is 50.3 Å². The van der Waals surface area contributed by atoms with Gasteiger partial charge in [0.25, 0.3) is 0 Å². The molecule has 0 atom stereocenters. The second-order valence-electron chi connectivity index (χ2n) is 9.81. The molecule has 0 aliphatic carbocycles. The normalized spacial score (nSPS) is 10.8. The summed E-state index contributed by atoms with van der Waals surface area (Å²) >= 11 is 0. The van der Waals surface area contributed by atoms with Gasteiger partial charge in [0, 0.05) is 11.1 Å². The van der Waals surface area contributed by atoms with Gasteiger partial charge in [-0.3, -0.25) is 4.79 Å². The maximum Gasteiger partial charge on any atom is 0.342 e. The largest absolute Gasteiger partial charge is 0.489 e. The Balaban J connectivity index is 2.24. The van der Waals surface area contributed by atoms with Crippen molar-refractivity contribution in [3.05, 3.63) is 72.1 Å². The van der Waals surface area contributed by atoms with E-state index in [1.165, 1.54) is 44.2 Å². The van der Waals surface area contributed by atoms with E-state index in [2.05, 4.69) is 13.2 Å². The Morgan fingerprint density at radius 2 is 1.32 bits per heavy atom. The maximum absolute atomic E-state index is 14.7. The van der Waals surface area contributed by atoms with Crippen LogP contribution < -0.4 is 9.47 Å². The van der Waals surface area contributed by atoms with Crippen molar-refractivity contribution in [2.45, 2.75) is 34.6 Å². The number of benzene rings is 2. The molecule has 2 rings (SSSR count). The highest BCUT2D eigenvalue weighted by molar-refractivity contribution is 5.93. The van der Waals surface area contributed by atoms with Gasteiger partial charge in [-0.15, -0.1) is 0 Å². The van der Waals surface area contributed by atoms with E-state index in [1.54, 1.807) is 26.8 Å². The van der Waals surface area contributed by atoms with Crippen LogP contribution in [0.2, 0.25) is 0 Å². The molecule has 0 radical (unpaired) electrons. The molecule has 2 aromatic rings. The summed E-state index contributed by atoms with van der Waals surface area (Å²) in [6, 6.07) is 8.48. The van der Waals surface area contributed by atoms with E-state index in [4.69, 9.17) is 23.7 Å². The summed E-state index contributed by atoms with van der Waals surface area (Å²) in [6.07, 6.45) is 0. The van der Waals surface area contributed by atoms with Crippen LogP contribution in [0.1, 0.15) is 45.0 Å². The minimum atomic E-state index is -0.781. The fraction of sp³-hybridized carbons (Fsp3) is 0.333. The third kappa shape index (κ3) is 9.37. The number of hydrogen-bond acceptors (Lipinski definition) is 9. The van der Waals surface area contributed by atoms with Gasteiger partial charge in [0.1, 0.15) is 37.7 Å². The van der Waals surface area contributed by atoms with E-state index in [9.17, 15) is 23.6 Å². The highest BCUT2D eigenvalue weighted by Gasteiger charge is 2.23. The van der Waals surface area contributed by atoms with Gasteiger partial charge in [0.05, 0.1) is 5.41 Å². The summed E-state index contributed by atoms with van der Waals surface area (Å²) < 4.78 is 40.7. The lowest BCUT2D eigenvalue weighted by Gasteiger charge is -2.17. The predicted molar refractivity (Wildman–Crippen MR) is 144 cm³/mol. The quantitative estimate of drug-likeness (QED) is 0.114. The fourth-order valence-electron chi connectivity index (χ4n) is 2.91. The zero-order valence-corrected chi connectivity index (χ0v) is 23.3. The van der Waals surface area contributed by atoms with Crippen LogP contribution in [0.25, 0.3) is 11.1 Å². The van der Waals surface area contributed by atoms with E-state index >= 15 is 0 Å². The van der Waals surface area contributed by atoms with Crippen LogP contribution in [0.3, 0.4) is 0 Å². The Morgan fingerprint density at radius 3 is 1.93 bits per heavy atom. The molecule has 0 fully saturated rings. The summed E-state index contributed by atoms with van der Waals surface area (Å²) in [6.45, 7) is 14.5. The van der Waals surface area contributed by atoms with Crippen molar-refractivity contribution in [2.75, 3.05) is 26.4 Å². The second kappa shape index (κ2) is 14.1. The van der Waals surface area contributed by atoms with Gasteiger partial charge in [0.2, 0.25) is 0 Å². The van der Waals surface area contributed by atoms with Crippen LogP contribution >= 0.6 is 0 Å². The van der Waals surface area contributed by atoms with Crippen molar-refractivity contribution in [2.24, 2.45) is 5.41 Å². The summed E-state index contributed by atoms with van der Waals surface area (Å²) in [5.74, 6) is -3.50. The summed E-state index contributed by atoms with van der Waals surface area (Å²) in [5.41, 5.74) is 0.563. The molecule has 214 valence electrons. The van der Waals surface area contributed by atoms with Crippen molar-refractivity contribution in [3.8, 4) is 22.6 Å². The van der Waals surface area contributed by atoms with E-state index in [0.29, 0.717) is 11.1 Å². The van der Waals surface area contributed by atoms with Crippen LogP contribution in [0.4, 0.5) is 4.39 Å². The number of carbonyl (C=O) groups is 4. The minimum Gasteiger partial charge on any atom is -0.489 e. The number of halogens is 1. The number of rotatable bonds is 12. The molecule has 2 aromatic carbocycles. The standard InChI is InChI=1S/C30H33FO9/c1-18(2)26(32)37-13-14-38-28(34)22-10-8-21(17-25(22)36-12-15-39-29(35)30(5,6)7)20-9-11-24(23(31)16-20)40-27(33)19(3)4/h8-11,16-17H,1,3,12-15H2,2,4-7H3. The lowest BCUT2D eigenvalue weighted by molar-refractivity contribution is -0.153. The first-order chi connectivity index (χ1) is 18.7. The molecule has 0 spiro atoms. The van der Waals surface area contributed by atoms with Gasteiger partial charge in [-0.25, -0.2) is 18.8 Å². The number of esters is 4. The first-order valence-corrected chi connectivity index (χ1v) is 12.3. The molecule has 9 nitrogen and oxygen atoms in total. The molecule has 0 bridgehead atoms. The van der Waals surface area contributed by atoms with Crippen LogP contribution in [0, 0.1) is 11.2 Å². The number of carbonyl (C=O) groups excluding carboxylic acids is 4. The Labute approximate surface area is 232 Å². The van der Waals surface area contributed by atoms with Crippen molar-refractivity contribution >= 4 is 23.9 Å². The molecule has 10 heteroatoms. The molecule has 40 heavy (non-hydrogen) atoms. The molecule has 0 aliphatic rings. The third-order valence-electron chi connectivity index (χ3n) is 5.10. The smallest absolute Gasteiger partial charge is 0.342 e. The first kappa shape index (κ1) is 31.7. The average molecular weight is 557 g/mol. The van der Waals surface area contributed by atoms with Crippen LogP contribution in [0.5, 0.6) is 11.5 Å². The Kier molecular flexibility index (Phi) is 11.2. The number of hydrogen-bond donors (Lipinski definition) is 0. The molecule has 0 aliphatic heterocycles. The molecule has 0 amide bonds. The molecule has 0 saturated carbocycles. The topological polar surface area (TPSA) is 114 Å². The first-order valence-electron chi connectivity index (χ1n) is 12.3.